The Balaban J connectivity index is 1.47. The van der Waals surface area contributed by atoms with Gasteiger partial charge < -0.3 is 15.4 Å². The highest BCUT2D eigenvalue weighted by atomic mass is 16.5. The molecule has 0 aliphatic rings. The molecule has 0 bridgehead atoms. The van der Waals surface area contributed by atoms with Crippen LogP contribution < -0.4 is 15.4 Å². The minimum Gasteiger partial charge on any atom is -0.479 e. The van der Waals surface area contributed by atoms with Crippen molar-refractivity contribution in [3.05, 3.63) is 66.6 Å². The lowest BCUT2D eigenvalue weighted by molar-refractivity contribution is 0.102. The molecule has 0 atom stereocenters. The van der Waals surface area contributed by atoms with E-state index in [1.54, 1.807) is 37.9 Å². The first kappa shape index (κ1) is 19.1. The molecule has 3 aromatic heterocycles. The number of nitrogens with zero attached hydrogens (tertiary/aromatic N) is 6. The van der Waals surface area contributed by atoms with E-state index in [1.807, 2.05) is 35.9 Å². The third-order valence-electron chi connectivity index (χ3n) is 4.24. The van der Waals surface area contributed by atoms with Gasteiger partial charge in [0, 0.05) is 43.1 Å². The van der Waals surface area contributed by atoms with Crippen LogP contribution in [0.15, 0.2) is 55.2 Å². The van der Waals surface area contributed by atoms with Crippen LogP contribution in [0.5, 0.6) is 5.88 Å². The molecule has 0 saturated carbocycles. The third-order valence-corrected chi connectivity index (χ3v) is 4.24. The summed E-state index contributed by atoms with van der Waals surface area (Å²) in [6, 6.07) is 9.13. The number of amides is 1. The molecule has 10 nitrogen and oxygen atoms in total. The fourth-order valence-corrected chi connectivity index (χ4v) is 2.90. The van der Waals surface area contributed by atoms with Gasteiger partial charge in [-0.15, -0.1) is 5.10 Å². The summed E-state index contributed by atoms with van der Waals surface area (Å²) < 4.78 is 8.48. The number of benzene rings is 1. The maximum atomic E-state index is 12.5. The van der Waals surface area contributed by atoms with Crippen molar-refractivity contribution in [2.45, 2.75) is 6.92 Å². The molecule has 10 heteroatoms. The van der Waals surface area contributed by atoms with Gasteiger partial charge in [-0.05, 0) is 31.2 Å². The van der Waals surface area contributed by atoms with E-state index in [4.69, 9.17) is 4.74 Å². The largest absolute Gasteiger partial charge is 0.479 e. The number of nitrogens with one attached hydrogen (secondary N) is 2. The van der Waals surface area contributed by atoms with E-state index >= 15 is 0 Å². The number of carbonyl (C=O) groups excluding carboxylic acids is 1. The zero-order valence-electron chi connectivity index (χ0n) is 16.7. The summed E-state index contributed by atoms with van der Waals surface area (Å²) in [4.78, 5) is 25.4. The molecule has 1 aromatic carbocycles. The fourth-order valence-electron chi connectivity index (χ4n) is 2.90. The lowest BCUT2D eigenvalue weighted by Crippen LogP contribution is -2.12. The number of hydrogen-bond acceptors (Lipinski definition) is 7. The maximum Gasteiger partial charge on any atom is 0.262 e. The van der Waals surface area contributed by atoms with E-state index in [-0.39, 0.29) is 11.8 Å². The molecule has 1 amide bonds. The number of methoxy groups -OCH3 is 1. The minimum absolute atomic E-state index is 0.279. The molecule has 3 heterocycles. The van der Waals surface area contributed by atoms with Gasteiger partial charge in [0.25, 0.3) is 5.91 Å². The van der Waals surface area contributed by atoms with Crippen LogP contribution in [0.25, 0.3) is 5.82 Å². The summed E-state index contributed by atoms with van der Waals surface area (Å²) in [7, 11) is 3.21. The topological polar surface area (TPSA) is 112 Å². The molecule has 0 radical (unpaired) electrons. The third kappa shape index (κ3) is 4.12. The van der Waals surface area contributed by atoms with Crippen LogP contribution in [0.3, 0.4) is 0 Å². The first-order valence-electron chi connectivity index (χ1n) is 9.12. The molecule has 0 aliphatic heterocycles. The van der Waals surface area contributed by atoms with Crippen LogP contribution in [0.4, 0.5) is 17.2 Å². The molecule has 30 heavy (non-hydrogen) atoms. The molecule has 0 spiro atoms. The van der Waals surface area contributed by atoms with Crippen LogP contribution in [-0.2, 0) is 7.05 Å². The molecule has 0 fully saturated rings. The summed E-state index contributed by atoms with van der Waals surface area (Å²) in [6.45, 7) is 1.83. The van der Waals surface area contributed by atoms with Gasteiger partial charge in [0.05, 0.1) is 7.11 Å². The highest BCUT2D eigenvalue weighted by molar-refractivity contribution is 6.05. The zero-order valence-corrected chi connectivity index (χ0v) is 16.7. The fraction of sp³-hybridized carbons (Fsp3) is 0.150. The number of carbonyl (C=O) groups is 1. The molecule has 4 aromatic rings. The van der Waals surface area contributed by atoms with Crippen molar-refractivity contribution in [2.75, 3.05) is 17.7 Å². The number of aromatic nitrogens is 6. The smallest absolute Gasteiger partial charge is 0.262 e. The summed E-state index contributed by atoms with van der Waals surface area (Å²) >= 11 is 0. The van der Waals surface area contributed by atoms with Gasteiger partial charge in [-0.3, -0.25) is 14.0 Å². The van der Waals surface area contributed by atoms with Crippen LogP contribution >= 0.6 is 0 Å². The molecule has 0 saturated heterocycles. The Hall–Kier alpha value is -4.21. The Morgan fingerprint density at radius 2 is 1.90 bits per heavy atom. The molecular weight excluding hydrogens is 384 g/mol. The van der Waals surface area contributed by atoms with Crippen molar-refractivity contribution in [1.29, 1.82) is 0 Å². The summed E-state index contributed by atoms with van der Waals surface area (Å²) in [6.07, 6.45) is 6.80. The van der Waals surface area contributed by atoms with E-state index < -0.39 is 0 Å². The number of imidazole rings is 1. The normalized spacial score (nSPS) is 10.6. The molecular formula is C20H20N8O2. The average Bonchev–Trinajstić information content (AvgIpc) is 3.38. The van der Waals surface area contributed by atoms with Gasteiger partial charge in [0.2, 0.25) is 5.88 Å². The number of ether oxygens (including phenoxy) is 1. The minimum atomic E-state index is -0.294. The van der Waals surface area contributed by atoms with Gasteiger partial charge in [0.15, 0.2) is 0 Å². The SMILES string of the molecule is COc1nn(C)cc1C(=O)Nc1ccc(Nc2cc(-n3ccnc3)nc(C)n2)cc1. The van der Waals surface area contributed by atoms with Crippen molar-refractivity contribution in [3.63, 3.8) is 0 Å². The van der Waals surface area contributed by atoms with E-state index in [0.29, 0.717) is 22.9 Å². The van der Waals surface area contributed by atoms with E-state index in [9.17, 15) is 4.79 Å². The van der Waals surface area contributed by atoms with Gasteiger partial charge >= 0.3 is 0 Å². The highest BCUT2D eigenvalue weighted by Crippen LogP contribution is 2.21. The predicted octanol–water partition coefficient (Wildman–Crippen LogP) is 2.71. The lowest BCUT2D eigenvalue weighted by Gasteiger charge is -2.10. The lowest BCUT2D eigenvalue weighted by atomic mass is 10.2. The van der Waals surface area contributed by atoms with Gasteiger partial charge in [-0.1, -0.05) is 0 Å². The predicted molar refractivity (Wildman–Crippen MR) is 111 cm³/mol. The van der Waals surface area contributed by atoms with E-state index in [0.717, 1.165) is 11.5 Å². The molecule has 0 aliphatic carbocycles. The second-order valence-electron chi connectivity index (χ2n) is 6.51. The summed E-state index contributed by atoms with van der Waals surface area (Å²) in [5, 5.41) is 10.2. The van der Waals surface area contributed by atoms with Crippen molar-refractivity contribution in [3.8, 4) is 11.7 Å². The van der Waals surface area contributed by atoms with Crippen LogP contribution in [0.1, 0.15) is 16.2 Å². The Labute approximate surface area is 172 Å². The Morgan fingerprint density at radius 3 is 2.60 bits per heavy atom. The number of aryl methyl sites for hydroxylation is 2. The second-order valence-corrected chi connectivity index (χ2v) is 6.51. The molecule has 0 unspecified atom stereocenters. The monoisotopic (exact) mass is 404 g/mol. The van der Waals surface area contributed by atoms with Gasteiger partial charge in [-0.2, -0.15) is 0 Å². The summed E-state index contributed by atoms with van der Waals surface area (Å²) in [5.41, 5.74) is 1.83. The van der Waals surface area contributed by atoms with Crippen LogP contribution in [0.2, 0.25) is 0 Å². The van der Waals surface area contributed by atoms with E-state index in [2.05, 4.69) is 30.7 Å². The summed E-state index contributed by atoms with van der Waals surface area (Å²) in [5.74, 6) is 2.00. The second kappa shape index (κ2) is 8.03. The number of rotatable bonds is 6. The molecule has 4 rings (SSSR count). The number of hydrogen-bond donors (Lipinski definition) is 2. The Bertz CT molecular complexity index is 1170. The standard InChI is InChI=1S/C20H20N8O2/c1-13-22-17(10-18(23-13)28-9-8-21-12-28)24-14-4-6-15(7-5-14)25-19(29)16-11-27(2)26-20(16)30-3/h4-12H,1-3H3,(H,25,29)(H,22,23,24). The first-order valence-corrected chi connectivity index (χ1v) is 9.12. The van der Waals surface area contributed by atoms with Crippen LogP contribution in [-0.4, -0.2) is 42.3 Å². The number of anilines is 3. The van der Waals surface area contributed by atoms with Gasteiger partial charge in [0.1, 0.15) is 29.4 Å². The van der Waals surface area contributed by atoms with E-state index in [1.165, 1.54) is 11.8 Å². The maximum absolute atomic E-state index is 12.5. The zero-order chi connectivity index (χ0) is 21.1. The van der Waals surface area contributed by atoms with Crippen molar-refractivity contribution in [2.24, 2.45) is 7.05 Å². The van der Waals surface area contributed by atoms with Crippen molar-refractivity contribution in [1.82, 2.24) is 29.3 Å². The quantitative estimate of drug-likeness (QED) is 0.508. The van der Waals surface area contributed by atoms with Crippen molar-refractivity contribution >= 4 is 23.1 Å². The van der Waals surface area contributed by atoms with Gasteiger partial charge in [-0.25, -0.2) is 15.0 Å². The molecule has 152 valence electrons. The Morgan fingerprint density at radius 1 is 1.13 bits per heavy atom. The molecule has 2 N–H and O–H groups in total. The first-order chi connectivity index (χ1) is 14.5. The van der Waals surface area contributed by atoms with Crippen molar-refractivity contribution < 1.29 is 9.53 Å². The van der Waals surface area contributed by atoms with Crippen LogP contribution in [0, 0.1) is 6.92 Å². The highest BCUT2D eigenvalue weighted by Gasteiger charge is 2.16. The Kier molecular flexibility index (Phi) is 5.12. The average molecular weight is 404 g/mol.